The first-order chi connectivity index (χ1) is 18.5. The van der Waals surface area contributed by atoms with Gasteiger partial charge < -0.3 is 24.2 Å². The van der Waals surface area contributed by atoms with Gasteiger partial charge in [0, 0.05) is 37.8 Å². The number of carbonyl (C=O) groups is 3. The van der Waals surface area contributed by atoms with Crippen LogP contribution in [-0.2, 0) is 9.53 Å². The van der Waals surface area contributed by atoms with Crippen molar-refractivity contribution < 1.29 is 23.9 Å². The fourth-order valence-corrected chi connectivity index (χ4v) is 6.25. The van der Waals surface area contributed by atoms with Crippen LogP contribution >= 0.6 is 0 Å². The van der Waals surface area contributed by atoms with Crippen LogP contribution in [0, 0.1) is 0 Å². The maximum atomic E-state index is 14.4. The Bertz CT molecular complexity index is 1150. The molecule has 2 aromatic carbocycles. The van der Waals surface area contributed by atoms with E-state index in [0.717, 1.165) is 42.6 Å². The lowest BCUT2D eigenvalue weighted by Crippen LogP contribution is -2.55. The summed E-state index contributed by atoms with van der Waals surface area (Å²) in [6, 6.07) is 15.0. The fourth-order valence-electron chi connectivity index (χ4n) is 6.25. The highest BCUT2D eigenvalue weighted by molar-refractivity contribution is 6.01. The van der Waals surface area contributed by atoms with Crippen molar-refractivity contribution in [3.63, 3.8) is 0 Å². The Hall–Kier alpha value is -3.55. The minimum Gasteiger partial charge on any atom is -0.497 e. The number of rotatable bonds is 5. The number of benzene rings is 2. The van der Waals surface area contributed by atoms with Crippen molar-refractivity contribution in [2.24, 2.45) is 0 Å². The molecule has 2 heterocycles. The van der Waals surface area contributed by atoms with E-state index in [1.165, 1.54) is 6.42 Å². The van der Waals surface area contributed by atoms with Gasteiger partial charge in [-0.1, -0.05) is 49.6 Å². The van der Waals surface area contributed by atoms with Gasteiger partial charge in [0.05, 0.1) is 25.7 Å². The van der Waals surface area contributed by atoms with E-state index in [0.29, 0.717) is 38.3 Å². The molecule has 1 saturated carbocycles. The van der Waals surface area contributed by atoms with Gasteiger partial charge in [-0.2, -0.15) is 0 Å². The average molecular weight is 520 g/mol. The van der Waals surface area contributed by atoms with Gasteiger partial charge in [0.15, 0.2) is 0 Å². The molecule has 0 N–H and O–H groups in total. The van der Waals surface area contributed by atoms with Crippen LogP contribution in [0.2, 0.25) is 0 Å². The predicted octanol–water partition coefficient (Wildman–Crippen LogP) is 4.61. The first-order valence-corrected chi connectivity index (χ1v) is 13.8. The molecule has 0 spiro atoms. The van der Waals surface area contributed by atoms with E-state index in [9.17, 15) is 14.4 Å². The van der Waals surface area contributed by atoms with Gasteiger partial charge in [-0.25, -0.2) is 4.79 Å². The predicted molar refractivity (Wildman–Crippen MR) is 143 cm³/mol. The monoisotopic (exact) mass is 519 g/mol. The Balaban J connectivity index is 1.53. The molecule has 38 heavy (non-hydrogen) atoms. The Morgan fingerprint density at radius 2 is 1.55 bits per heavy atom. The van der Waals surface area contributed by atoms with Gasteiger partial charge in [0.1, 0.15) is 5.75 Å². The highest BCUT2D eigenvalue weighted by Gasteiger charge is 2.48. The molecule has 0 unspecified atom stereocenters. The molecule has 202 valence electrons. The van der Waals surface area contributed by atoms with Crippen molar-refractivity contribution in [1.82, 2.24) is 14.7 Å². The second kappa shape index (κ2) is 11.5. The van der Waals surface area contributed by atoms with Crippen LogP contribution in [0.5, 0.6) is 5.75 Å². The molecule has 8 nitrogen and oxygen atoms in total. The van der Waals surface area contributed by atoms with Crippen LogP contribution in [0.15, 0.2) is 48.5 Å². The molecule has 0 bridgehead atoms. The van der Waals surface area contributed by atoms with Crippen molar-refractivity contribution in [3.8, 4) is 5.75 Å². The smallest absolute Gasteiger partial charge is 0.409 e. The third-order valence-electron chi connectivity index (χ3n) is 8.19. The van der Waals surface area contributed by atoms with Gasteiger partial charge in [-0.3, -0.25) is 9.59 Å². The molecule has 1 aliphatic carbocycles. The van der Waals surface area contributed by atoms with Crippen molar-refractivity contribution in [2.45, 2.75) is 57.0 Å². The summed E-state index contributed by atoms with van der Waals surface area (Å²) in [5.41, 5.74) is 2.33. The third kappa shape index (κ3) is 4.96. The van der Waals surface area contributed by atoms with E-state index in [-0.39, 0.29) is 23.9 Å². The first-order valence-electron chi connectivity index (χ1n) is 13.8. The highest BCUT2D eigenvalue weighted by atomic mass is 16.6. The number of ether oxygens (including phenoxy) is 2. The maximum absolute atomic E-state index is 14.4. The number of amides is 3. The average Bonchev–Trinajstić information content (AvgIpc) is 2.97. The van der Waals surface area contributed by atoms with E-state index in [4.69, 9.17) is 9.47 Å². The zero-order valence-corrected chi connectivity index (χ0v) is 22.3. The number of methoxy groups -OCH3 is 1. The lowest BCUT2D eigenvalue weighted by Gasteiger charge is -2.48. The molecular weight excluding hydrogens is 482 g/mol. The molecule has 8 heteroatoms. The quantitative estimate of drug-likeness (QED) is 0.577. The molecule has 2 aromatic rings. The molecule has 3 aliphatic rings. The van der Waals surface area contributed by atoms with Crippen LogP contribution in [0.4, 0.5) is 4.79 Å². The summed E-state index contributed by atoms with van der Waals surface area (Å²) in [5, 5.41) is 0. The van der Waals surface area contributed by atoms with E-state index in [1.807, 2.05) is 58.3 Å². The fraction of sp³-hybridized carbons (Fsp3) is 0.500. The lowest BCUT2D eigenvalue weighted by molar-refractivity contribution is -0.136. The minimum atomic E-state index is -0.534. The molecule has 5 rings (SSSR count). The Kier molecular flexibility index (Phi) is 7.86. The lowest BCUT2D eigenvalue weighted by atomic mass is 9.77. The topological polar surface area (TPSA) is 79.4 Å². The Labute approximate surface area is 224 Å². The summed E-state index contributed by atoms with van der Waals surface area (Å²) in [6.07, 6.45) is 4.89. The van der Waals surface area contributed by atoms with Gasteiger partial charge in [-0.15, -0.1) is 0 Å². The van der Waals surface area contributed by atoms with E-state index in [2.05, 4.69) is 0 Å². The summed E-state index contributed by atoms with van der Waals surface area (Å²) in [4.78, 5) is 46.2. The van der Waals surface area contributed by atoms with Crippen LogP contribution in [0.3, 0.4) is 0 Å². The highest BCUT2D eigenvalue weighted by Crippen LogP contribution is 2.46. The van der Waals surface area contributed by atoms with Crippen molar-refractivity contribution in [3.05, 3.63) is 65.2 Å². The first kappa shape index (κ1) is 26.1. The second-order valence-electron chi connectivity index (χ2n) is 10.3. The van der Waals surface area contributed by atoms with Gasteiger partial charge >= 0.3 is 6.09 Å². The van der Waals surface area contributed by atoms with Crippen LogP contribution in [-0.4, -0.2) is 78.5 Å². The van der Waals surface area contributed by atoms with E-state index >= 15 is 0 Å². The van der Waals surface area contributed by atoms with Crippen molar-refractivity contribution in [1.29, 1.82) is 0 Å². The number of hydrogen-bond donors (Lipinski definition) is 0. The van der Waals surface area contributed by atoms with Crippen LogP contribution < -0.4 is 4.74 Å². The zero-order valence-electron chi connectivity index (χ0n) is 22.3. The molecule has 2 atom stereocenters. The number of carbonyl (C=O) groups excluding carboxylic acids is 3. The molecular formula is C30H37N3O5. The largest absolute Gasteiger partial charge is 0.497 e. The van der Waals surface area contributed by atoms with Crippen LogP contribution in [0.1, 0.15) is 72.5 Å². The summed E-state index contributed by atoms with van der Waals surface area (Å²) in [7, 11) is 1.63. The summed E-state index contributed by atoms with van der Waals surface area (Å²) in [5.74, 6) is 0.200. The standard InChI is InChI=1S/C30H37N3O5/c1-3-38-30(36)32-19-17-31(18-20-32)29(35)26-24-11-7-8-12-25(24)28(34)33(22-9-5-4-6-10-22)27(26)21-13-15-23(37-2)16-14-21/h7-8,11-16,22,26-27H,3-6,9-10,17-20H2,1-2H3/t26-,27-/m0/s1. The number of hydrogen-bond acceptors (Lipinski definition) is 5. The molecule has 2 aliphatic heterocycles. The van der Waals surface area contributed by atoms with Gasteiger partial charge in [-0.05, 0) is 49.1 Å². The second-order valence-corrected chi connectivity index (χ2v) is 10.3. The molecule has 1 saturated heterocycles. The minimum absolute atomic E-state index is 0.00417. The van der Waals surface area contributed by atoms with E-state index in [1.54, 1.807) is 18.9 Å². The molecule has 2 fully saturated rings. The number of piperazine rings is 1. The third-order valence-corrected chi connectivity index (χ3v) is 8.19. The zero-order chi connectivity index (χ0) is 26.6. The molecule has 3 amide bonds. The summed E-state index contributed by atoms with van der Waals surface area (Å²) in [6.45, 7) is 3.84. The Morgan fingerprint density at radius 3 is 2.21 bits per heavy atom. The van der Waals surface area contributed by atoms with Gasteiger partial charge in [0.2, 0.25) is 5.91 Å². The van der Waals surface area contributed by atoms with Crippen molar-refractivity contribution >= 4 is 17.9 Å². The number of fused-ring (bicyclic) bond motifs is 1. The van der Waals surface area contributed by atoms with Crippen molar-refractivity contribution in [2.75, 3.05) is 39.9 Å². The van der Waals surface area contributed by atoms with Gasteiger partial charge in [0.25, 0.3) is 5.91 Å². The maximum Gasteiger partial charge on any atom is 0.409 e. The Morgan fingerprint density at radius 1 is 0.895 bits per heavy atom. The summed E-state index contributed by atoms with van der Waals surface area (Å²) < 4.78 is 10.6. The van der Waals surface area contributed by atoms with E-state index < -0.39 is 12.0 Å². The SMILES string of the molecule is CCOC(=O)N1CCN(C(=O)[C@H]2c3ccccc3C(=O)N(C3CCCCC3)[C@H]2c2ccc(OC)cc2)CC1. The van der Waals surface area contributed by atoms with Crippen LogP contribution in [0.25, 0.3) is 0 Å². The normalized spacial score (nSPS) is 22.2. The number of nitrogens with zero attached hydrogens (tertiary/aromatic N) is 3. The molecule has 0 aromatic heterocycles. The molecule has 0 radical (unpaired) electrons. The summed E-state index contributed by atoms with van der Waals surface area (Å²) >= 11 is 0.